The molecule has 0 bridgehead atoms. The summed E-state index contributed by atoms with van der Waals surface area (Å²) in [7, 11) is 0. The van der Waals surface area contributed by atoms with Crippen LogP contribution in [0.4, 0.5) is 4.79 Å². The van der Waals surface area contributed by atoms with Gasteiger partial charge in [-0.05, 0) is 43.6 Å². The van der Waals surface area contributed by atoms with Gasteiger partial charge < -0.3 is 15.7 Å². The number of urea groups is 1. The van der Waals surface area contributed by atoms with E-state index in [0.717, 1.165) is 30.8 Å². The second kappa shape index (κ2) is 8.30. The van der Waals surface area contributed by atoms with Gasteiger partial charge in [-0.1, -0.05) is 6.92 Å². The number of aliphatic carboxylic acids is 1. The van der Waals surface area contributed by atoms with Gasteiger partial charge in [-0.25, -0.2) is 4.79 Å². The van der Waals surface area contributed by atoms with Crippen molar-refractivity contribution in [2.24, 2.45) is 5.92 Å². The van der Waals surface area contributed by atoms with Crippen molar-refractivity contribution >= 4 is 23.8 Å². The molecule has 0 spiro atoms. The summed E-state index contributed by atoms with van der Waals surface area (Å²) in [5.74, 6) is 1.60. The van der Waals surface area contributed by atoms with Crippen molar-refractivity contribution in [3.05, 3.63) is 0 Å². The molecule has 19 heavy (non-hydrogen) atoms. The van der Waals surface area contributed by atoms with Gasteiger partial charge in [-0.2, -0.15) is 11.8 Å². The van der Waals surface area contributed by atoms with Crippen LogP contribution in [0.2, 0.25) is 0 Å². The molecule has 0 radical (unpaired) electrons. The number of hydrogen-bond donors (Lipinski definition) is 3. The molecule has 110 valence electrons. The Kier molecular flexibility index (Phi) is 7.05. The van der Waals surface area contributed by atoms with E-state index in [-0.39, 0.29) is 24.5 Å². The summed E-state index contributed by atoms with van der Waals surface area (Å²) in [4.78, 5) is 22.5. The molecule has 3 N–H and O–H groups in total. The van der Waals surface area contributed by atoms with Crippen molar-refractivity contribution in [1.82, 2.24) is 10.6 Å². The molecule has 6 heteroatoms. The molecule has 5 nitrogen and oxygen atoms in total. The fourth-order valence-corrected chi connectivity index (χ4v) is 2.74. The van der Waals surface area contributed by atoms with Crippen molar-refractivity contribution in [3.8, 4) is 0 Å². The minimum Gasteiger partial charge on any atom is -0.481 e. The van der Waals surface area contributed by atoms with Gasteiger partial charge in [0.15, 0.2) is 0 Å². The molecule has 0 saturated heterocycles. The van der Waals surface area contributed by atoms with Gasteiger partial charge in [0.05, 0.1) is 6.42 Å². The molecule has 0 aromatic heterocycles. The average molecular weight is 288 g/mol. The van der Waals surface area contributed by atoms with E-state index in [0.29, 0.717) is 5.92 Å². The van der Waals surface area contributed by atoms with Crippen LogP contribution in [-0.2, 0) is 4.79 Å². The van der Waals surface area contributed by atoms with Crippen LogP contribution < -0.4 is 10.6 Å². The molecule has 1 aliphatic rings. The Morgan fingerprint density at radius 1 is 1.37 bits per heavy atom. The first-order chi connectivity index (χ1) is 9.02. The summed E-state index contributed by atoms with van der Waals surface area (Å²) in [6.07, 6.45) is 2.97. The van der Waals surface area contributed by atoms with Crippen LogP contribution in [0, 0.1) is 5.92 Å². The zero-order valence-electron chi connectivity index (χ0n) is 11.6. The van der Waals surface area contributed by atoms with Crippen LogP contribution in [0.3, 0.4) is 0 Å². The molecule has 1 fully saturated rings. The van der Waals surface area contributed by atoms with Crippen LogP contribution in [0.25, 0.3) is 0 Å². The molecule has 2 atom stereocenters. The Bertz CT molecular complexity index is 308. The predicted molar refractivity (Wildman–Crippen MR) is 77.5 cm³/mol. The quantitative estimate of drug-likeness (QED) is 0.568. The number of nitrogens with one attached hydrogen (secondary N) is 2. The Morgan fingerprint density at radius 2 is 2.05 bits per heavy atom. The Labute approximate surface area is 118 Å². The van der Waals surface area contributed by atoms with Gasteiger partial charge >= 0.3 is 12.0 Å². The van der Waals surface area contributed by atoms with E-state index < -0.39 is 5.97 Å². The molecule has 2 amide bonds. The Balaban J connectivity index is 2.25. The van der Waals surface area contributed by atoms with Crippen LogP contribution >= 0.6 is 11.8 Å². The highest BCUT2D eigenvalue weighted by molar-refractivity contribution is 7.99. The highest BCUT2D eigenvalue weighted by Crippen LogP contribution is 2.33. The molecule has 1 saturated carbocycles. The van der Waals surface area contributed by atoms with Crippen molar-refractivity contribution in [2.75, 3.05) is 11.5 Å². The molecular weight excluding hydrogens is 264 g/mol. The summed E-state index contributed by atoms with van der Waals surface area (Å²) in [5, 5.41) is 14.5. The van der Waals surface area contributed by atoms with Gasteiger partial charge in [0, 0.05) is 12.1 Å². The monoisotopic (exact) mass is 288 g/mol. The first-order valence-electron chi connectivity index (χ1n) is 6.89. The van der Waals surface area contributed by atoms with E-state index >= 15 is 0 Å². The summed E-state index contributed by atoms with van der Waals surface area (Å²) in [6, 6.07) is -0.356. The first kappa shape index (κ1) is 16.1. The topological polar surface area (TPSA) is 78.4 Å². The predicted octanol–water partition coefficient (Wildman–Crippen LogP) is 2.07. The maximum atomic E-state index is 11.8. The van der Waals surface area contributed by atoms with Gasteiger partial charge in [-0.3, -0.25) is 4.79 Å². The fraction of sp³-hybridized carbons (Fsp3) is 0.846. The largest absolute Gasteiger partial charge is 0.481 e. The van der Waals surface area contributed by atoms with Gasteiger partial charge in [0.2, 0.25) is 0 Å². The summed E-state index contributed by atoms with van der Waals surface area (Å²) in [5.41, 5.74) is 0. The molecule has 0 aromatic carbocycles. The lowest BCUT2D eigenvalue weighted by atomic mass is 10.1. The number of carbonyl (C=O) groups is 2. The van der Waals surface area contributed by atoms with E-state index in [1.54, 1.807) is 0 Å². The smallest absolute Gasteiger partial charge is 0.315 e. The number of carbonyl (C=O) groups excluding carboxylic acids is 1. The van der Waals surface area contributed by atoms with Gasteiger partial charge in [-0.15, -0.1) is 0 Å². The van der Waals surface area contributed by atoms with E-state index in [1.165, 1.54) is 0 Å². The highest BCUT2D eigenvalue weighted by atomic mass is 32.2. The number of carboxylic acids is 1. The minimum atomic E-state index is -0.857. The standard InChI is InChI=1S/C13H24N2O3S/c1-3-19-7-6-9(2)14-13(18)15-11(8-12(16)17)10-4-5-10/h9-11H,3-8H2,1-2H3,(H,16,17)(H2,14,15,18). The van der Waals surface area contributed by atoms with Gasteiger partial charge in [0.25, 0.3) is 0 Å². The molecule has 0 aromatic rings. The summed E-state index contributed by atoms with van der Waals surface area (Å²) < 4.78 is 0. The molecule has 0 aliphatic heterocycles. The number of amides is 2. The summed E-state index contributed by atoms with van der Waals surface area (Å²) in [6.45, 7) is 4.08. The van der Waals surface area contributed by atoms with Crippen molar-refractivity contribution in [2.45, 2.75) is 51.6 Å². The van der Waals surface area contributed by atoms with Crippen molar-refractivity contribution < 1.29 is 14.7 Å². The third-order valence-corrected chi connectivity index (χ3v) is 4.11. The lowest BCUT2D eigenvalue weighted by Crippen LogP contribution is -2.47. The maximum Gasteiger partial charge on any atom is 0.315 e. The van der Waals surface area contributed by atoms with E-state index in [4.69, 9.17) is 5.11 Å². The minimum absolute atomic E-state index is 0.0121. The van der Waals surface area contributed by atoms with Crippen molar-refractivity contribution in [1.29, 1.82) is 0 Å². The maximum absolute atomic E-state index is 11.8. The van der Waals surface area contributed by atoms with Crippen LogP contribution in [0.15, 0.2) is 0 Å². The third kappa shape index (κ3) is 7.30. The van der Waals surface area contributed by atoms with Crippen LogP contribution in [0.1, 0.15) is 39.5 Å². The number of carboxylic acid groups (broad SMARTS) is 1. The first-order valence-corrected chi connectivity index (χ1v) is 8.05. The molecular formula is C13H24N2O3S. The van der Waals surface area contributed by atoms with Crippen molar-refractivity contribution in [3.63, 3.8) is 0 Å². The number of hydrogen-bond acceptors (Lipinski definition) is 3. The normalized spacial score (nSPS) is 17.6. The zero-order chi connectivity index (χ0) is 14.3. The second-order valence-corrected chi connectivity index (χ2v) is 6.44. The Morgan fingerprint density at radius 3 is 2.58 bits per heavy atom. The zero-order valence-corrected chi connectivity index (χ0v) is 12.5. The van der Waals surface area contributed by atoms with Crippen LogP contribution in [-0.4, -0.2) is 40.7 Å². The summed E-state index contributed by atoms with van der Waals surface area (Å²) >= 11 is 1.85. The van der Waals surface area contributed by atoms with Crippen LogP contribution in [0.5, 0.6) is 0 Å². The molecule has 0 heterocycles. The molecule has 1 rings (SSSR count). The average Bonchev–Trinajstić information content (AvgIpc) is 3.11. The molecule has 1 aliphatic carbocycles. The lowest BCUT2D eigenvalue weighted by Gasteiger charge is -2.19. The van der Waals surface area contributed by atoms with E-state index in [2.05, 4.69) is 17.6 Å². The number of thioether (sulfide) groups is 1. The third-order valence-electron chi connectivity index (χ3n) is 3.18. The molecule has 2 unspecified atom stereocenters. The highest BCUT2D eigenvalue weighted by Gasteiger charge is 2.33. The SMILES string of the molecule is CCSCCC(C)NC(=O)NC(CC(=O)O)C1CC1. The van der Waals surface area contributed by atoms with E-state index in [1.807, 2.05) is 18.7 Å². The number of rotatable bonds is 9. The van der Waals surface area contributed by atoms with E-state index in [9.17, 15) is 9.59 Å². The second-order valence-electron chi connectivity index (χ2n) is 5.05. The Hall–Kier alpha value is -0.910. The fourth-order valence-electron chi connectivity index (χ4n) is 1.93. The van der Waals surface area contributed by atoms with Gasteiger partial charge in [0.1, 0.15) is 0 Å². The lowest BCUT2D eigenvalue weighted by molar-refractivity contribution is -0.137.